The summed E-state index contributed by atoms with van der Waals surface area (Å²) in [7, 11) is 0. The molecule has 2 aliphatic heterocycles. The van der Waals surface area contributed by atoms with Gasteiger partial charge in [0.1, 0.15) is 16.7 Å². The van der Waals surface area contributed by atoms with Crippen molar-refractivity contribution in [3.8, 4) is 0 Å². The molecule has 6 rings (SSSR count). The number of hydrogen-bond donors (Lipinski definition) is 2. The van der Waals surface area contributed by atoms with Crippen molar-refractivity contribution >= 4 is 40.8 Å². The van der Waals surface area contributed by atoms with Gasteiger partial charge in [0.2, 0.25) is 0 Å². The highest BCUT2D eigenvalue weighted by Gasteiger charge is 2.78. The Bertz CT molecular complexity index is 1020. The van der Waals surface area contributed by atoms with Gasteiger partial charge in [0, 0.05) is 35.0 Å². The summed E-state index contributed by atoms with van der Waals surface area (Å²) in [6.07, 6.45) is 11.0. The van der Waals surface area contributed by atoms with Gasteiger partial charge in [-0.2, -0.15) is 0 Å². The largest absolute Gasteiger partial charge is 0.382 e. The third-order valence-corrected chi connectivity index (χ3v) is 9.43. The van der Waals surface area contributed by atoms with Gasteiger partial charge in [-0.05, 0) is 44.6 Å². The summed E-state index contributed by atoms with van der Waals surface area (Å²) in [6.45, 7) is 2.91. The first-order chi connectivity index (χ1) is 14.5. The third-order valence-electron chi connectivity index (χ3n) is 7.85. The number of rotatable bonds is 3. The van der Waals surface area contributed by atoms with Gasteiger partial charge in [-0.1, -0.05) is 23.4 Å². The number of nitrogens with two attached hydrogens (primary N) is 2. The number of aromatic nitrogens is 3. The Kier molecular flexibility index (Phi) is 4.03. The van der Waals surface area contributed by atoms with E-state index < -0.39 is 0 Å². The monoisotopic (exact) mass is 444 g/mol. The molecule has 2 saturated heterocycles. The fraction of sp³-hybridized carbons (Fsp3) is 0.571. The first-order valence-electron chi connectivity index (χ1n) is 10.6. The summed E-state index contributed by atoms with van der Waals surface area (Å²) in [6, 6.07) is 1.80. The Morgan fingerprint density at radius 1 is 1.03 bits per heavy atom. The molecule has 2 aliphatic carbocycles. The van der Waals surface area contributed by atoms with Crippen molar-refractivity contribution in [1.82, 2.24) is 15.0 Å². The molecule has 158 valence electrons. The minimum absolute atomic E-state index is 0.246. The number of nitrogen functional groups attached to an aromatic ring is 2. The van der Waals surface area contributed by atoms with Crippen LogP contribution in [0.1, 0.15) is 38.5 Å². The van der Waals surface area contributed by atoms with Crippen LogP contribution in [0.4, 0.5) is 17.5 Å². The van der Waals surface area contributed by atoms with E-state index >= 15 is 0 Å². The fourth-order valence-electron chi connectivity index (χ4n) is 5.91. The van der Waals surface area contributed by atoms with Crippen molar-refractivity contribution < 1.29 is 4.74 Å². The zero-order valence-corrected chi connectivity index (χ0v) is 18.3. The third kappa shape index (κ3) is 2.59. The van der Waals surface area contributed by atoms with Gasteiger partial charge < -0.3 is 21.1 Å². The molecule has 4 aliphatic rings. The van der Waals surface area contributed by atoms with Crippen LogP contribution < -0.4 is 16.4 Å². The SMILES string of the molecule is Nc1nc(N2CCC3(CC2)COC2(CC2)C32CC2)cnc1Sc1ccnc(N)c1Cl. The van der Waals surface area contributed by atoms with E-state index in [-0.39, 0.29) is 5.60 Å². The molecule has 0 atom stereocenters. The van der Waals surface area contributed by atoms with Crippen molar-refractivity contribution in [2.75, 3.05) is 36.1 Å². The zero-order valence-electron chi connectivity index (χ0n) is 16.7. The van der Waals surface area contributed by atoms with E-state index in [1.807, 2.05) is 6.20 Å². The smallest absolute Gasteiger partial charge is 0.158 e. The molecule has 4 fully saturated rings. The van der Waals surface area contributed by atoms with Gasteiger partial charge in [0.25, 0.3) is 0 Å². The average Bonchev–Trinajstić information content (AvgIpc) is 3.65. The Morgan fingerprint density at radius 2 is 1.80 bits per heavy atom. The summed E-state index contributed by atoms with van der Waals surface area (Å²) >= 11 is 7.60. The van der Waals surface area contributed by atoms with Gasteiger partial charge in [0.05, 0.1) is 23.4 Å². The van der Waals surface area contributed by atoms with Crippen LogP contribution in [-0.4, -0.2) is 40.2 Å². The van der Waals surface area contributed by atoms with E-state index in [2.05, 4.69) is 19.9 Å². The Balaban J connectivity index is 1.17. The summed E-state index contributed by atoms with van der Waals surface area (Å²) in [5.74, 6) is 1.55. The standard InChI is InChI=1S/C21H25ClN6OS/c22-15-13(1-8-25-16(15)23)30-18-17(24)27-14(11-26-18)28-9-6-19(7-10-28)12-29-21(4-5-21)20(19)2-3-20/h1,8,11H,2-7,9-10,12H2,(H2,23,25)(H2,24,27). The Labute approximate surface area is 184 Å². The molecule has 0 amide bonds. The van der Waals surface area contributed by atoms with Crippen LogP contribution in [0.5, 0.6) is 0 Å². The maximum Gasteiger partial charge on any atom is 0.158 e. The van der Waals surface area contributed by atoms with Crippen LogP contribution in [0.15, 0.2) is 28.4 Å². The molecular formula is C21H25ClN6OS. The lowest BCUT2D eigenvalue weighted by Gasteiger charge is -2.43. The average molecular weight is 445 g/mol. The van der Waals surface area contributed by atoms with Crippen LogP contribution in [-0.2, 0) is 4.74 Å². The highest BCUT2D eigenvalue weighted by atomic mass is 35.5. The number of fused-ring (bicyclic) bond motifs is 2. The quantitative estimate of drug-likeness (QED) is 0.737. The highest BCUT2D eigenvalue weighted by Crippen LogP contribution is 2.79. The number of nitrogens with zero attached hydrogens (tertiary/aromatic N) is 4. The van der Waals surface area contributed by atoms with Gasteiger partial charge in [-0.3, -0.25) is 0 Å². The second kappa shape index (κ2) is 6.37. The lowest BCUT2D eigenvalue weighted by atomic mass is 9.65. The molecule has 2 saturated carbocycles. The summed E-state index contributed by atoms with van der Waals surface area (Å²) < 4.78 is 6.38. The number of pyridine rings is 1. The van der Waals surface area contributed by atoms with E-state index in [1.54, 1.807) is 12.3 Å². The normalized spacial score (nSPS) is 24.6. The molecular weight excluding hydrogens is 420 g/mol. The van der Waals surface area contributed by atoms with E-state index in [1.165, 1.54) is 50.3 Å². The predicted octanol–water partition coefficient (Wildman–Crippen LogP) is 3.77. The Morgan fingerprint density at radius 3 is 2.47 bits per heavy atom. The topological polar surface area (TPSA) is 103 Å². The van der Waals surface area contributed by atoms with E-state index in [4.69, 9.17) is 27.8 Å². The summed E-state index contributed by atoms with van der Waals surface area (Å²) in [5.41, 5.74) is 13.1. The van der Waals surface area contributed by atoms with E-state index in [0.717, 1.165) is 30.4 Å². The number of piperidine rings is 1. The molecule has 0 unspecified atom stereocenters. The molecule has 30 heavy (non-hydrogen) atoms. The van der Waals surface area contributed by atoms with Crippen molar-refractivity contribution in [2.45, 2.75) is 54.0 Å². The van der Waals surface area contributed by atoms with E-state index in [0.29, 0.717) is 32.5 Å². The molecule has 4 heterocycles. The van der Waals surface area contributed by atoms with Crippen molar-refractivity contribution in [1.29, 1.82) is 0 Å². The zero-order chi connectivity index (χ0) is 20.6. The number of anilines is 3. The molecule has 9 heteroatoms. The van der Waals surface area contributed by atoms with Crippen LogP contribution >= 0.6 is 23.4 Å². The van der Waals surface area contributed by atoms with Crippen LogP contribution in [0, 0.1) is 10.8 Å². The number of hydrogen-bond acceptors (Lipinski definition) is 8. The van der Waals surface area contributed by atoms with Crippen molar-refractivity contribution in [3.05, 3.63) is 23.5 Å². The minimum Gasteiger partial charge on any atom is -0.382 e. The van der Waals surface area contributed by atoms with Gasteiger partial charge >= 0.3 is 0 Å². The summed E-state index contributed by atoms with van der Waals surface area (Å²) in [5, 5.41) is 1.03. The molecule has 3 spiro atoms. The molecule has 0 aromatic carbocycles. The molecule has 2 aromatic heterocycles. The van der Waals surface area contributed by atoms with Gasteiger partial charge in [-0.25, -0.2) is 15.0 Å². The van der Waals surface area contributed by atoms with Crippen molar-refractivity contribution in [3.63, 3.8) is 0 Å². The summed E-state index contributed by atoms with van der Waals surface area (Å²) in [4.78, 5) is 16.3. The predicted molar refractivity (Wildman–Crippen MR) is 118 cm³/mol. The first-order valence-corrected chi connectivity index (χ1v) is 11.8. The molecule has 2 aromatic rings. The lowest BCUT2D eigenvalue weighted by Crippen LogP contribution is -2.46. The second-order valence-corrected chi connectivity index (χ2v) is 10.6. The molecule has 7 nitrogen and oxygen atoms in total. The first kappa shape index (κ1) is 19.0. The Hall–Kier alpha value is -1.77. The molecule has 4 N–H and O–H groups in total. The van der Waals surface area contributed by atoms with Crippen LogP contribution in [0.25, 0.3) is 0 Å². The maximum absolute atomic E-state index is 6.38. The van der Waals surface area contributed by atoms with Crippen LogP contribution in [0.2, 0.25) is 5.02 Å². The van der Waals surface area contributed by atoms with Gasteiger partial charge in [0.15, 0.2) is 5.82 Å². The fourth-order valence-corrected chi connectivity index (χ4v) is 6.92. The molecule has 0 bridgehead atoms. The highest BCUT2D eigenvalue weighted by molar-refractivity contribution is 7.99. The van der Waals surface area contributed by atoms with Crippen molar-refractivity contribution in [2.24, 2.45) is 10.8 Å². The number of ether oxygens (including phenoxy) is 1. The van der Waals surface area contributed by atoms with E-state index in [9.17, 15) is 0 Å². The maximum atomic E-state index is 6.38. The lowest BCUT2D eigenvalue weighted by molar-refractivity contribution is 0.0613. The van der Waals surface area contributed by atoms with Gasteiger partial charge in [-0.15, -0.1) is 0 Å². The number of halogens is 1. The second-order valence-electron chi connectivity index (χ2n) is 9.16. The molecule has 0 radical (unpaired) electrons. The van der Waals surface area contributed by atoms with Crippen LogP contribution in [0.3, 0.4) is 0 Å². The minimum atomic E-state index is 0.246.